The van der Waals surface area contributed by atoms with Crippen LogP contribution >= 0.6 is 0 Å². The fraction of sp³-hybridized carbons (Fsp3) is 0.923. The number of hydrogen-bond acceptors (Lipinski definition) is 4. The predicted octanol–water partition coefficient (Wildman–Crippen LogP) is 1.40. The largest absolute Gasteiger partial charge is 0.480 e. The van der Waals surface area contributed by atoms with Gasteiger partial charge in [-0.15, -0.1) is 0 Å². The number of ether oxygens (including phenoxy) is 2. The molecule has 2 unspecified atom stereocenters. The van der Waals surface area contributed by atoms with Crippen molar-refractivity contribution in [1.29, 1.82) is 0 Å². The topological polar surface area (TPSA) is 81.8 Å². The van der Waals surface area contributed by atoms with Crippen molar-refractivity contribution in [2.24, 2.45) is 11.7 Å². The van der Waals surface area contributed by atoms with Crippen LogP contribution in [0.4, 0.5) is 0 Å². The van der Waals surface area contributed by atoms with Crippen LogP contribution in [0.25, 0.3) is 0 Å². The van der Waals surface area contributed by atoms with Crippen molar-refractivity contribution < 1.29 is 19.4 Å². The molecule has 1 fully saturated rings. The minimum Gasteiger partial charge on any atom is -0.480 e. The van der Waals surface area contributed by atoms with Gasteiger partial charge in [0.15, 0.2) is 0 Å². The van der Waals surface area contributed by atoms with Gasteiger partial charge in [-0.3, -0.25) is 4.79 Å². The molecule has 1 saturated carbocycles. The maximum absolute atomic E-state index is 11.2. The first kappa shape index (κ1) is 15.4. The average Bonchev–Trinajstić information content (AvgIpc) is 2.66. The minimum absolute atomic E-state index is 0.0287. The van der Waals surface area contributed by atoms with Crippen molar-refractivity contribution in [2.45, 2.75) is 51.2 Å². The van der Waals surface area contributed by atoms with Gasteiger partial charge in [0.2, 0.25) is 0 Å². The van der Waals surface area contributed by atoms with E-state index >= 15 is 0 Å². The van der Waals surface area contributed by atoms with E-state index < -0.39 is 11.5 Å². The van der Waals surface area contributed by atoms with E-state index in [2.05, 4.69) is 0 Å². The van der Waals surface area contributed by atoms with Crippen molar-refractivity contribution in [3.8, 4) is 0 Å². The summed E-state index contributed by atoms with van der Waals surface area (Å²) in [6, 6.07) is 0. The molecule has 2 atom stereocenters. The van der Waals surface area contributed by atoms with Gasteiger partial charge < -0.3 is 20.3 Å². The van der Waals surface area contributed by atoms with Crippen LogP contribution in [0.3, 0.4) is 0 Å². The molecule has 0 spiro atoms. The summed E-state index contributed by atoms with van der Waals surface area (Å²) in [7, 11) is 0. The summed E-state index contributed by atoms with van der Waals surface area (Å²) in [5, 5.41) is 9.16. The van der Waals surface area contributed by atoms with E-state index in [9.17, 15) is 4.79 Å². The zero-order valence-corrected chi connectivity index (χ0v) is 11.4. The summed E-state index contributed by atoms with van der Waals surface area (Å²) in [5.74, 6) is -0.853. The van der Waals surface area contributed by atoms with Crippen molar-refractivity contribution in [1.82, 2.24) is 0 Å². The number of carboxylic acid groups (broad SMARTS) is 1. The molecule has 106 valence electrons. The van der Waals surface area contributed by atoms with E-state index in [1.807, 2.05) is 13.8 Å². The summed E-state index contributed by atoms with van der Waals surface area (Å²) in [6.45, 7) is 5.64. The molecule has 1 rings (SSSR count). The Hall–Kier alpha value is -0.650. The van der Waals surface area contributed by atoms with Gasteiger partial charge in [0.25, 0.3) is 0 Å². The molecule has 5 heteroatoms. The van der Waals surface area contributed by atoms with Crippen LogP contribution in [0.2, 0.25) is 0 Å². The second-order valence-corrected chi connectivity index (χ2v) is 5.26. The van der Waals surface area contributed by atoms with E-state index in [1.165, 1.54) is 0 Å². The molecule has 0 bridgehead atoms. The molecular weight excluding hydrogens is 234 g/mol. The van der Waals surface area contributed by atoms with Crippen molar-refractivity contribution in [2.75, 3.05) is 19.8 Å². The maximum atomic E-state index is 11.2. The lowest BCUT2D eigenvalue weighted by atomic mass is 9.86. The Morgan fingerprint density at radius 2 is 2.17 bits per heavy atom. The monoisotopic (exact) mass is 259 g/mol. The van der Waals surface area contributed by atoms with Gasteiger partial charge in [0, 0.05) is 6.61 Å². The first-order valence-electron chi connectivity index (χ1n) is 6.68. The SMILES string of the molecule is CC(C)OCCOCCC1CCCC1(N)C(=O)O. The van der Waals surface area contributed by atoms with E-state index in [0.717, 1.165) is 12.8 Å². The molecule has 0 aromatic rings. The van der Waals surface area contributed by atoms with Crippen molar-refractivity contribution in [3.63, 3.8) is 0 Å². The van der Waals surface area contributed by atoms with Gasteiger partial charge in [0.05, 0.1) is 19.3 Å². The summed E-state index contributed by atoms with van der Waals surface area (Å²) in [4.78, 5) is 11.2. The van der Waals surface area contributed by atoms with E-state index in [0.29, 0.717) is 32.7 Å². The van der Waals surface area contributed by atoms with Crippen LogP contribution in [-0.2, 0) is 14.3 Å². The zero-order valence-electron chi connectivity index (χ0n) is 11.4. The van der Waals surface area contributed by atoms with E-state index in [4.69, 9.17) is 20.3 Å². The quantitative estimate of drug-likeness (QED) is 0.644. The highest BCUT2D eigenvalue weighted by Crippen LogP contribution is 2.36. The second-order valence-electron chi connectivity index (χ2n) is 5.26. The average molecular weight is 259 g/mol. The third-order valence-corrected chi connectivity index (χ3v) is 3.56. The number of nitrogens with two attached hydrogens (primary N) is 1. The van der Waals surface area contributed by atoms with Gasteiger partial charge >= 0.3 is 5.97 Å². The molecule has 1 aliphatic rings. The molecule has 5 nitrogen and oxygen atoms in total. The molecule has 3 N–H and O–H groups in total. The summed E-state index contributed by atoms with van der Waals surface area (Å²) < 4.78 is 10.8. The summed E-state index contributed by atoms with van der Waals surface area (Å²) in [5.41, 5.74) is 4.90. The number of carbonyl (C=O) groups is 1. The molecule has 0 radical (unpaired) electrons. The Morgan fingerprint density at radius 1 is 1.44 bits per heavy atom. The zero-order chi connectivity index (χ0) is 13.6. The van der Waals surface area contributed by atoms with Crippen LogP contribution in [0.1, 0.15) is 39.5 Å². The molecule has 0 aliphatic heterocycles. The third kappa shape index (κ3) is 4.23. The Labute approximate surface area is 109 Å². The van der Waals surface area contributed by atoms with Gasteiger partial charge in [0.1, 0.15) is 5.54 Å². The lowest BCUT2D eigenvalue weighted by Crippen LogP contribution is -2.51. The lowest BCUT2D eigenvalue weighted by molar-refractivity contribution is -0.145. The normalized spacial score (nSPS) is 27.9. The Morgan fingerprint density at radius 3 is 2.78 bits per heavy atom. The lowest BCUT2D eigenvalue weighted by Gasteiger charge is -2.26. The van der Waals surface area contributed by atoms with E-state index in [1.54, 1.807) is 0 Å². The Kier molecular flexibility index (Phi) is 6.05. The first-order valence-corrected chi connectivity index (χ1v) is 6.68. The Bertz CT molecular complexity index is 270. The number of carboxylic acids is 1. The van der Waals surface area contributed by atoms with Gasteiger partial charge in [-0.2, -0.15) is 0 Å². The molecule has 18 heavy (non-hydrogen) atoms. The molecule has 0 amide bonds. The van der Waals surface area contributed by atoms with E-state index in [-0.39, 0.29) is 12.0 Å². The molecule has 0 heterocycles. The smallest absolute Gasteiger partial charge is 0.323 e. The molecule has 0 saturated heterocycles. The third-order valence-electron chi connectivity index (χ3n) is 3.56. The molecular formula is C13H25NO4. The highest BCUT2D eigenvalue weighted by atomic mass is 16.5. The highest BCUT2D eigenvalue weighted by Gasteiger charge is 2.45. The van der Waals surface area contributed by atoms with Crippen LogP contribution in [0.5, 0.6) is 0 Å². The van der Waals surface area contributed by atoms with Gasteiger partial charge in [-0.25, -0.2) is 0 Å². The fourth-order valence-electron chi connectivity index (χ4n) is 2.46. The maximum Gasteiger partial charge on any atom is 0.323 e. The predicted molar refractivity (Wildman–Crippen MR) is 68.4 cm³/mol. The van der Waals surface area contributed by atoms with Gasteiger partial charge in [-0.05, 0) is 39.0 Å². The van der Waals surface area contributed by atoms with Crippen molar-refractivity contribution in [3.05, 3.63) is 0 Å². The van der Waals surface area contributed by atoms with Crippen molar-refractivity contribution >= 4 is 5.97 Å². The standard InChI is InChI=1S/C13H25NO4/c1-10(2)18-9-8-17-7-5-11-4-3-6-13(11,14)12(15)16/h10-11H,3-9,14H2,1-2H3,(H,15,16). The highest BCUT2D eigenvalue weighted by molar-refractivity contribution is 5.79. The minimum atomic E-state index is -1.04. The molecule has 0 aromatic carbocycles. The number of aliphatic carboxylic acids is 1. The summed E-state index contributed by atoms with van der Waals surface area (Å²) >= 11 is 0. The fourth-order valence-corrected chi connectivity index (χ4v) is 2.46. The Balaban J connectivity index is 2.17. The van der Waals surface area contributed by atoms with Crippen LogP contribution in [0.15, 0.2) is 0 Å². The van der Waals surface area contributed by atoms with Crippen LogP contribution in [-0.4, -0.2) is 42.5 Å². The molecule has 0 aromatic heterocycles. The second kappa shape index (κ2) is 7.07. The number of hydrogen-bond donors (Lipinski definition) is 2. The summed E-state index contributed by atoms with van der Waals surface area (Å²) in [6.07, 6.45) is 3.28. The molecule has 1 aliphatic carbocycles. The first-order chi connectivity index (χ1) is 8.47. The van der Waals surface area contributed by atoms with Gasteiger partial charge in [-0.1, -0.05) is 6.42 Å². The van der Waals surface area contributed by atoms with Crippen LogP contribution < -0.4 is 5.73 Å². The number of rotatable bonds is 8. The van der Waals surface area contributed by atoms with Crippen LogP contribution in [0, 0.1) is 5.92 Å².